The van der Waals surface area contributed by atoms with Gasteiger partial charge in [-0.05, 0) is 54.4 Å². The third-order valence-electron chi connectivity index (χ3n) is 3.76. The van der Waals surface area contributed by atoms with Crippen LogP contribution in [-0.4, -0.2) is 11.5 Å². The van der Waals surface area contributed by atoms with E-state index in [1.165, 1.54) is 25.7 Å². The van der Waals surface area contributed by atoms with Crippen LogP contribution in [0.25, 0.3) is 0 Å². The monoisotopic (exact) mass is 188 g/mol. The Balaban J connectivity index is 2.15. The van der Waals surface area contributed by atoms with Gasteiger partial charge in [-0.1, -0.05) is 0 Å². The molecule has 2 rings (SSSR count). The zero-order valence-electron chi connectivity index (χ0n) is 6.79. The molecule has 0 N–H and O–H groups in total. The van der Waals surface area contributed by atoms with E-state index >= 15 is 0 Å². The van der Waals surface area contributed by atoms with Crippen LogP contribution in [0.1, 0.15) is 25.7 Å². The van der Waals surface area contributed by atoms with Crippen LogP contribution in [-0.2, 0) is 0 Å². The second-order valence-corrected chi connectivity index (χ2v) is 4.93. The summed E-state index contributed by atoms with van der Waals surface area (Å²) in [5, 5.41) is 0. The molecule has 0 spiro atoms. The minimum absolute atomic E-state index is 0.607. The highest BCUT2D eigenvalue weighted by Gasteiger charge is 2.50. The number of hydrogen-bond acceptors (Lipinski definition) is 2. The van der Waals surface area contributed by atoms with Crippen LogP contribution in [0.4, 0.5) is 0 Å². The third-order valence-corrected chi connectivity index (χ3v) is 4.84. The van der Waals surface area contributed by atoms with E-state index in [9.17, 15) is 0 Å². The molecule has 11 heavy (non-hydrogen) atoms. The molecule has 0 heterocycles. The summed E-state index contributed by atoms with van der Waals surface area (Å²) in [6.07, 6.45) is 5.77. The molecule has 3 unspecified atom stereocenters. The second kappa shape index (κ2) is 2.88. The van der Waals surface area contributed by atoms with Gasteiger partial charge in [-0.25, -0.2) is 0 Å². The van der Waals surface area contributed by atoms with E-state index in [4.69, 9.17) is 0 Å². The number of fused-ring (bicyclic) bond motifs is 2. The average Bonchev–Trinajstić information content (AvgIpc) is 2.60. The van der Waals surface area contributed by atoms with E-state index in [0.29, 0.717) is 5.41 Å². The lowest BCUT2D eigenvalue weighted by Crippen LogP contribution is -2.28. The summed E-state index contributed by atoms with van der Waals surface area (Å²) >= 11 is 8.91. The molecule has 0 aromatic heterocycles. The number of thiol groups is 2. The van der Waals surface area contributed by atoms with Crippen LogP contribution >= 0.6 is 25.3 Å². The van der Waals surface area contributed by atoms with E-state index in [2.05, 4.69) is 25.3 Å². The molecule has 2 aliphatic carbocycles. The molecule has 0 radical (unpaired) electrons. The fourth-order valence-electron chi connectivity index (χ4n) is 3.04. The van der Waals surface area contributed by atoms with Crippen molar-refractivity contribution >= 4 is 25.3 Å². The van der Waals surface area contributed by atoms with E-state index < -0.39 is 0 Å². The smallest absolute Gasteiger partial charge is 0.00381 e. The summed E-state index contributed by atoms with van der Waals surface area (Å²) in [4.78, 5) is 0. The van der Waals surface area contributed by atoms with Crippen molar-refractivity contribution in [2.75, 3.05) is 11.5 Å². The molecular formula is C9H16S2. The van der Waals surface area contributed by atoms with Crippen molar-refractivity contribution in [3.63, 3.8) is 0 Å². The standard InChI is InChI=1S/C9H16S2/c10-5-8-3-7-1-2-9(8,4-7)6-11/h7-8,10-11H,1-6H2. The Kier molecular flexibility index (Phi) is 2.17. The Morgan fingerprint density at radius 1 is 1.36 bits per heavy atom. The quantitative estimate of drug-likeness (QED) is 0.612. The molecule has 2 heteroatoms. The summed E-state index contributed by atoms with van der Waals surface area (Å²) in [6.45, 7) is 0. The van der Waals surface area contributed by atoms with Crippen LogP contribution in [0.2, 0.25) is 0 Å². The number of hydrogen-bond donors (Lipinski definition) is 2. The lowest BCUT2D eigenvalue weighted by Gasteiger charge is -2.32. The largest absolute Gasteiger partial charge is 0.179 e. The van der Waals surface area contributed by atoms with E-state index in [1.807, 2.05) is 0 Å². The normalized spacial score (nSPS) is 48.5. The fourth-order valence-corrected chi connectivity index (χ4v) is 4.12. The molecule has 2 bridgehead atoms. The maximum atomic E-state index is 4.49. The van der Waals surface area contributed by atoms with Gasteiger partial charge in [-0.3, -0.25) is 0 Å². The van der Waals surface area contributed by atoms with E-state index in [1.54, 1.807) is 0 Å². The van der Waals surface area contributed by atoms with E-state index in [0.717, 1.165) is 23.3 Å². The van der Waals surface area contributed by atoms with Gasteiger partial charge in [0.15, 0.2) is 0 Å². The highest BCUT2D eigenvalue weighted by atomic mass is 32.1. The Bertz CT molecular complexity index is 158. The maximum absolute atomic E-state index is 4.49. The van der Waals surface area contributed by atoms with Crippen LogP contribution < -0.4 is 0 Å². The molecule has 0 aliphatic heterocycles. The van der Waals surface area contributed by atoms with Gasteiger partial charge in [0.2, 0.25) is 0 Å². The van der Waals surface area contributed by atoms with Crippen molar-refractivity contribution in [2.24, 2.45) is 17.3 Å². The first-order chi connectivity index (χ1) is 5.30. The van der Waals surface area contributed by atoms with Crippen molar-refractivity contribution in [2.45, 2.75) is 25.7 Å². The van der Waals surface area contributed by atoms with Crippen molar-refractivity contribution < 1.29 is 0 Å². The van der Waals surface area contributed by atoms with Gasteiger partial charge in [-0.15, -0.1) is 0 Å². The molecule has 0 nitrogen and oxygen atoms in total. The van der Waals surface area contributed by atoms with E-state index in [-0.39, 0.29) is 0 Å². The van der Waals surface area contributed by atoms with Gasteiger partial charge in [0.25, 0.3) is 0 Å². The minimum atomic E-state index is 0.607. The van der Waals surface area contributed by atoms with Crippen LogP contribution in [0.5, 0.6) is 0 Å². The van der Waals surface area contributed by atoms with Crippen molar-refractivity contribution in [1.82, 2.24) is 0 Å². The van der Waals surface area contributed by atoms with Crippen LogP contribution in [0, 0.1) is 17.3 Å². The van der Waals surface area contributed by atoms with Gasteiger partial charge >= 0.3 is 0 Å². The van der Waals surface area contributed by atoms with Crippen LogP contribution in [0.3, 0.4) is 0 Å². The minimum Gasteiger partial charge on any atom is -0.179 e. The Hall–Kier alpha value is 0.700. The molecule has 0 aromatic rings. The van der Waals surface area contributed by atoms with Crippen molar-refractivity contribution in [3.8, 4) is 0 Å². The zero-order chi connectivity index (χ0) is 7.90. The second-order valence-electron chi connectivity index (χ2n) is 4.24. The first-order valence-electron chi connectivity index (χ1n) is 4.52. The lowest BCUT2D eigenvalue weighted by molar-refractivity contribution is 0.242. The summed E-state index contributed by atoms with van der Waals surface area (Å²) in [6, 6.07) is 0. The summed E-state index contributed by atoms with van der Waals surface area (Å²) < 4.78 is 0. The average molecular weight is 188 g/mol. The molecule has 2 saturated carbocycles. The molecule has 2 fully saturated rings. The van der Waals surface area contributed by atoms with Gasteiger partial charge in [0, 0.05) is 0 Å². The van der Waals surface area contributed by atoms with Gasteiger partial charge in [0.05, 0.1) is 0 Å². The van der Waals surface area contributed by atoms with Crippen molar-refractivity contribution in [1.29, 1.82) is 0 Å². The highest BCUT2D eigenvalue weighted by molar-refractivity contribution is 7.80. The molecule has 2 aliphatic rings. The Labute approximate surface area is 80.0 Å². The molecule has 0 amide bonds. The molecule has 0 saturated heterocycles. The fraction of sp³-hybridized carbons (Fsp3) is 1.00. The summed E-state index contributed by atoms with van der Waals surface area (Å²) in [5.41, 5.74) is 0.607. The zero-order valence-corrected chi connectivity index (χ0v) is 8.58. The SMILES string of the molecule is SCC1CC2CCC1(CS)C2. The summed E-state index contributed by atoms with van der Waals surface area (Å²) in [7, 11) is 0. The predicted molar refractivity (Wildman–Crippen MR) is 55.6 cm³/mol. The molecule has 3 atom stereocenters. The predicted octanol–water partition coefficient (Wildman–Crippen LogP) is 2.65. The Morgan fingerprint density at radius 3 is 2.64 bits per heavy atom. The van der Waals surface area contributed by atoms with Gasteiger partial charge < -0.3 is 0 Å². The van der Waals surface area contributed by atoms with Gasteiger partial charge in [-0.2, -0.15) is 25.3 Å². The third kappa shape index (κ3) is 1.14. The highest BCUT2D eigenvalue weighted by Crippen LogP contribution is 2.58. The molecular weight excluding hydrogens is 172 g/mol. The topological polar surface area (TPSA) is 0 Å². The van der Waals surface area contributed by atoms with Crippen LogP contribution in [0.15, 0.2) is 0 Å². The molecule has 64 valence electrons. The molecule has 0 aromatic carbocycles. The lowest BCUT2D eigenvalue weighted by atomic mass is 9.77. The Morgan fingerprint density at radius 2 is 2.18 bits per heavy atom. The van der Waals surface area contributed by atoms with Crippen molar-refractivity contribution in [3.05, 3.63) is 0 Å². The maximum Gasteiger partial charge on any atom is -0.00381 e. The van der Waals surface area contributed by atoms with Gasteiger partial charge in [0.1, 0.15) is 0 Å². The first-order valence-corrected chi connectivity index (χ1v) is 5.79. The first kappa shape index (κ1) is 8.31. The number of rotatable bonds is 2. The summed E-state index contributed by atoms with van der Waals surface area (Å²) in [5.74, 6) is 4.08.